The Bertz CT molecular complexity index is 592. The molecule has 1 fully saturated rings. The van der Waals surface area contributed by atoms with Gasteiger partial charge in [-0.25, -0.2) is 0 Å². The van der Waals surface area contributed by atoms with Gasteiger partial charge in [0.15, 0.2) is 11.9 Å². The van der Waals surface area contributed by atoms with Gasteiger partial charge in [0.1, 0.15) is 11.9 Å². The maximum atomic E-state index is 12.4. The average molecular weight is 254 g/mol. The molecule has 1 heterocycles. The maximum Gasteiger partial charge on any atom is 0.198 e. The van der Waals surface area contributed by atoms with Gasteiger partial charge in [-0.15, -0.1) is 0 Å². The largest absolute Gasteiger partial charge is 0.496 e. The van der Waals surface area contributed by atoms with Crippen LogP contribution in [0.3, 0.4) is 0 Å². The first-order chi connectivity index (χ1) is 9.31. The predicted molar refractivity (Wildman–Crippen MR) is 71.4 cm³/mol. The third-order valence-corrected chi connectivity index (χ3v) is 3.25. The van der Waals surface area contributed by atoms with Crippen molar-refractivity contribution in [2.75, 3.05) is 7.11 Å². The molecule has 0 bridgehead atoms. The van der Waals surface area contributed by atoms with Crippen LogP contribution in [0.25, 0.3) is 0 Å². The predicted octanol–water partition coefficient (Wildman–Crippen LogP) is 3.02. The summed E-state index contributed by atoms with van der Waals surface area (Å²) in [6.45, 7) is 0. The zero-order chi connectivity index (χ0) is 13.2. The first-order valence-corrected chi connectivity index (χ1v) is 6.19. The Morgan fingerprint density at radius 1 is 1.05 bits per heavy atom. The van der Waals surface area contributed by atoms with Gasteiger partial charge in [0.05, 0.1) is 12.7 Å². The molecule has 3 nitrogen and oxygen atoms in total. The highest BCUT2D eigenvalue weighted by Gasteiger charge is 2.46. The van der Waals surface area contributed by atoms with Gasteiger partial charge in [-0.05, 0) is 17.7 Å². The molecule has 0 spiro atoms. The summed E-state index contributed by atoms with van der Waals surface area (Å²) in [5, 5.41) is 0. The van der Waals surface area contributed by atoms with E-state index in [2.05, 4.69) is 0 Å². The van der Waals surface area contributed by atoms with Crippen molar-refractivity contribution in [1.29, 1.82) is 0 Å². The topological polar surface area (TPSA) is 38.8 Å². The second kappa shape index (κ2) is 4.86. The Labute approximate surface area is 111 Å². The molecule has 3 rings (SSSR count). The third kappa shape index (κ3) is 2.25. The second-order valence-electron chi connectivity index (χ2n) is 4.45. The van der Waals surface area contributed by atoms with Crippen LogP contribution in [0.2, 0.25) is 0 Å². The van der Waals surface area contributed by atoms with E-state index >= 15 is 0 Å². The fraction of sp³-hybridized carbons (Fsp3) is 0.188. The Morgan fingerprint density at radius 2 is 1.74 bits per heavy atom. The molecular formula is C16H14O3. The number of para-hydroxylation sites is 1. The number of hydrogen-bond acceptors (Lipinski definition) is 3. The third-order valence-electron chi connectivity index (χ3n) is 3.25. The number of methoxy groups -OCH3 is 1. The summed E-state index contributed by atoms with van der Waals surface area (Å²) in [6, 6.07) is 17.0. The van der Waals surface area contributed by atoms with E-state index in [1.807, 2.05) is 42.5 Å². The van der Waals surface area contributed by atoms with Crippen LogP contribution < -0.4 is 4.74 Å². The van der Waals surface area contributed by atoms with Crippen molar-refractivity contribution in [2.45, 2.75) is 12.2 Å². The number of Topliss-reactive ketones (excluding diaryl/α,β-unsaturated/α-hetero) is 1. The number of ether oxygens (including phenoxy) is 2. The van der Waals surface area contributed by atoms with Crippen LogP contribution in [0.5, 0.6) is 5.75 Å². The molecule has 0 radical (unpaired) electrons. The van der Waals surface area contributed by atoms with E-state index in [0.717, 1.165) is 5.56 Å². The van der Waals surface area contributed by atoms with Gasteiger partial charge in [-0.1, -0.05) is 42.5 Å². The minimum Gasteiger partial charge on any atom is -0.496 e. The average Bonchev–Trinajstić information content (AvgIpc) is 3.28. The lowest BCUT2D eigenvalue weighted by Crippen LogP contribution is -2.09. The summed E-state index contributed by atoms with van der Waals surface area (Å²) >= 11 is 0. The minimum absolute atomic E-state index is 0.0219. The van der Waals surface area contributed by atoms with Crippen molar-refractivity contribution in [3.05, 3.63) is 65.7 Å². The molecule has 0 unspecified atom stereocenters. The summed E-state index contributed by atoms with van der Waals surface area (Å²) in [7, 11) is 1.56. The summed E-state index contributed by atoms with van der Waals surface area (Å²) in [5.74, 6) is 0.570. The first kappa shape index (κ1) is 11.9. The number of benzene rings is 2. The Balaban J connectivity index is 1.80. The molecule has 1 saturated heterocycles. The molecule has 0 saturated carbocycles. The normalized spacial score (nSPS) is 20.9. The SMILES string of the molecule is COc1ccccc1C(=O)[C@H]1O[C@@H]1c1ccccc1. The zero-order valence-corrected chi connectivity index (χ0v) is 10.6. The quantitative estimate of drug-likeness (QED) is 0.622. The lowest BCUT2D eigenvalue weighted by molar-refractivity contribution is 0.0950. The molecule has 2 aromatic rings. The number of ketones is 1. The highest BCUT2D eigenvalue weighted by molar-refractivity contribution is 6.03. The Kier molecular flexibility index (Phi) is 3.05. The van der Waals surface area contributed by atoms with E-state index in [4.69, 9.17) is 9.47 Å². The van der Waals surface area contributed by atoms with Gasteiger partial charge in [0, 0.05) is 0 Å². The van der Waals surface area contributed by atoms with Crippen molar-refractivity contribution >= 4 is 5.78 Å². The smallest absolute Gasteiger partial charge is 0.198 e. The second-order valence-corrected chi connectivity index (χ2v) is 4.45. The van der Waals surface area contributed by atoms with E-state index in [0.29, 0.717) is 11.3 Å². The first-order valence-electron chi connectivity index (χ1n) is 6.19. The summed E-state index contributed by atoms with van der Waals surface area (Å²) in [4.78, 5) is 12.4. The van der Waals surface area contributed by atoms with Gasteiger partial charge >= 0.3 is 0 Å². The Morgan fingerprint density at radius 3 is 2.47 bits per heavy atom. The molecule has 3 heteroatoms. The number of rotatable bonds is 4. The standard InChI is InChI=1S/C16H14O3/c1-18-13-10-6-5-9-12(13)14(17)16-15(19-16)11-7-3-2-4-8-11/h2-10,15-16H,1H3/t15-,16-/m1/s1. The van der Waals surface area contributed by atoms with Crippen molar-refractivity contribution in [3.63, 3.8) is 0 Å². The van der Waals surface area contributed by atoms with E-state index in [-0.39, 0.29) is 11.9 Å². The van der Waals surface area contributed by atoms with Gasteiger partial charge in [0.25, 0.3) is 0 Å². The van der Waals surface area contributed by atoms with Crippen molar-refractivity contribution in [3.8, 4) is 5.75 Å². The van der Waals surface area contributed by atoms with Crippen LogP contribution in [0.15, 0.2) is 54.6 Å². The van der Waals surface area contributed by atoms with Crippen LogP contribution in [0, 0.1) is 0 Å². The molecule has 2 atom stereocenters. The Hall–Kier alpha value is -2.13. The maximum absolute atomic E-state index is 12.4. The van der Waals surface area contributed by atoms with Crippen LogP contribution in [-0.2, 0) is 4.74 Å². The van der Waals surface area contributed by atoms with Crippen molar-refractivity contribution in [1.82, 2.24) is 0 Å². The van der Waals surface area contributed by atoms with E-state index in [1.54, 1.807) is 19.2 Å². The van der Waals surface area contributed by atoms with Crippen LogP contribution in [0.1, 0.15) is 22.0 Å². The van der Waals surface area contributed by atoms with Crippen LogP contribution in [-0.4, -0.2) is 19.0 Å². The zero-order valence-electron chi connectivity index (χ0n) is 10.6. The van der Waals surface area contributed by atoms with Gasteiger partial charge in [0.2, 0.25) is 0 Å². The minimum atomic E-state index is -0.390. The molecule has 19 heavy (non-hydrogen) atoms. The molecule has 0 N–H and O–H groups in total. The molecule has 0 aromatic heterocycles. The van der Waals surface area contributed by atoms with Crippen molar-refractivity contribution in [2.24, 2.45) is 0 Å². The molecule has 0 aliphatic carbocycles. The number of hydrogen-bond donors (Lipinski definition) is 0. The lowest BCUT2D eigenvalue weighted by Gasteiger charge is -2.05. The summed E-state index contributed by atoms with van der Waals surface area (Å²) < 4.78 is 10.7. The van der Waals surface area contributed by atoms with Gasteiger partial charge < -0.3 is 9.47 Å². The van der Waals surface area contributed by atoms with Gasteiger partial charge in [-0.3, -0.25) is 4.79 Å². The van der Waals surface area contributed by atoms with E-state index in [1.165, 1.54) is 0 Å². The van der Waals surface area contributed by atoms with E-state index < -0.39 is 6.10 Å². The highest BCUT2D eigenvalue weighted by atomic mass is 16.6. The summed E-state index contributed by atoms with van der Waals surface area (Å²) in [6.07, 6.45) is -0.516. The number of carbonyl (C=O) groups excluding carboxylic acids is 1. The monoisotopic (exact) mass is 254 g/mol. The molecule has 0 amide bonds. The van der Waals surface area contributed by atoms with Crippen molar-refractivity contribution < 1.29 is 14.3 Å². The highest BCUT2D eigenvalue weighted by Crippen LogP contribution is 2.41. The van der Waals surface area contributed by atoms with Gasteiger partial charge in [-0.2, -0.15) is 0 Å². The lowest BCUT2D eigenvalue weighted by atomic mass is 10.0. The molecule has 1 aliphatic heterocycles. The van der Waals surface area contributed by atoms with Crippen LogP contribution in [0.4, 0.5) is 0 Å². The molecule has 2 aromatic carbocycles. The molecule has 96 valence electrons. The number of epoxide rings is 1. The fourth-order valence-corrected chi connectivity index (χ4v) is 2.21. The number of carbonyl (C=O) groups is 1. The molecular weight excluding hydrogens is 240 g/mol. The molecule has 1 aliphatic rings. The van der Waals surface area contributed by atoms with E-state index in [9.17, 15) is 4.79 Å². The van der Waals surface area contributed by atoms with Crippen LogP contribution >= 0.6 is 0 Å². The fourth-order valence-electron chi connectivity index (χ4n) is 2.21. The summed E-state index contributed by atoms with van der Waals surface area (Å²) in [5.41, 5.74) is 1.61.